The van der Waals surface area contributed by atoms with Gasteiger partial charge < -0.3 is 4.74 Å². The number of thioether (sulfide) groups is 2. The van der Waals surface area contributed by atoms with E-state index < -0.39 is 17.6 Å². The fraction of sp³-hybridized carbons (Fsp3) is 0.118. The van der Waals surface area contributed by atoms with Crippen LogP contribution < -0.4 is 0 Å². The summed E-state index contributed by atoms with van der Waals surface area (Å²) in [7, 11) is 0. The van der Waals surface area contributed by atoms with Gasteiger partial charge in [-0.1, -0.05) is 35.7 Å². The molecular formula is C17H12F2N2O2S2. The molecule has 8 heteroatoms. The van der Waals surface area contributed by atoms with Crippen molar-refractivity contribution in [3.63, 3.8) is 0 Å². The smallest absolute Gasteiger partial charge is 0.345 e. The van der Waals surface area contributed by atoms with E-state index in [9.17, 15) is 13.6 Å². The van der Waals surface area contributed by atoms with E-state index in [4.69, 9.17) is 4.74 Å². The first-order valence-corrected chi connectivity index (χ1v) is 9.24. The molecule has 1 saturated heterocycles. The molecule has 4 nitrogen and oxygen atoms in total. The van der Waals surface area contributed by atoms with Crippen molar-refractivity contribution >= 4 is 39.8 Å². The summed E-state index contributed by atoms with van der Waals surface area (Å²) in [5.74, 6) is -0.139. The average Bonchev–Trinajstić information content (AvgIpc) is 3.12. The molecule has 0 aromatic heterocycles. The van der Waals surface area contributed by atoms with Crippen LogP contribution in [0.3, 0.4) is 0 Å². The number of hydrogen-bond acceptors (Lipinski definition) is 6. The predicted octanol–water partition coefficient (Wildman–Crippen LogP) is 4.32. The Morgan fingerprint density at radius 2 is 1.56 bits per heavy atom. The average molecular weight is 378 g/mol. The lowest BCUT2D eigenvalue weighted by Crippen LogP contribution is -2.14. The van der Waals surface area contributed by atoms with Crippen LogP contribution in [0, 0.1) is 11.6 Å². The van der Waals surface area contributed by atoms with E-state index in [0.717, 1.165) is 21.9 Å². The monoisotopic (exact) mass is 378 g/mol. The Balaban J connectivity index is 1.89. The Morgan fingerprint density at radius 1 is 0.960 bits per heavy atom. The number of hydrogen-bond donors (Lipinski definition) is 0. The van der Waals surface area contributed by atoms with E-state index in [2.05, 4.69) is 10.2 Å². The van der Waals surface area contributed by atoms with Crippen LogP contribution in [0.1, 0.15) is 15.9 Å². The van der Waals surface area contributed by atoms with E-state index in [0.29, 0.717) is 0 Å². The summed E-state index contributed by atoms with van der Waals surface area (Å²) < 4.78 is 32.8. The van der Waals surface area contributed by atoms with Crippen molar-refractivity contribution in [3.05, 3.63) is 71.3 Å². The third-order valence-electron chi connectivity index (χ3n) is 3.08. The van der Waals surface area contributed by atoms with Gasteiger partial charge in [-0.25, -0.2) is 13.6 Å². The third kappa shape index (κ3) is 4.90. The summed E-state index contributed by atoms with van der Waals surface area (Å²) in [6.07, 6.45) is 0. The highest BCUT2D eigenvalue weighted by Gasteiger charge is 2.16. The molecule has 25 heavy (non-hydrogen) atoms. The molecule has 0 unspecified atom stereocenters. The zero-order valence-electron chi connectivity index (χ0n) is 12.8. The number of esters is 1. The molecule has 0 radical (unpaired) electrons. The van der Waals surface area contributed by atoms with Gasteiger partial charge in [0.05, 0.1) is 5.56 Å². The minimum Gasteiger partial charge on any atom is -0.402 e. The zero-order valence-corrected chi connectivity index (χ0v) is 14.4. The molecule has 1 fully saturated rings. The first-order chi connectivity index (χ1) is 12.1. The molecule has 0 amide bonds. The van der Waals surface area contributed by atoms with Crippen molar-refractivity contribution in [3.8, 4) is 0 Å². The van der Waals surface area contributed by atoms with Crippen molar-refractivity contribution in [1.82, 2.24) is 0 Å². The van der Waals surface area contributed by atoms with Crippen LogP contribution in [0.5, 0.6) is 0 Å². The molecule has 128 valence electrons. The number of halogens is 2. The fourth-order valence-corrected chi connectivity index (χ4v) is 4.01. The third-order valence-corrected chi connectivity index (χ3v) is 5.52. The summed E-state index contributed by atoms with van der Waals surface area (Å²) in [5, 5.41) is 8.02. The van der Waals surface area contributed by atoms with E-state index in [1.165, 1.54) is 36.4 Å². The number of rotatable bonds is 3. The highest BCUT2D eigenvalue weighted by molar-refractivity contribution is 8.41. The van der Waals surface area contributed by atoms with Gasteiger partial charge in [0, 0.05) is 17.1 Å². The lowest BCUT2D eigenvalue weighted by Gasteiger charge is -2.07. The zero-order chi connectivity index (χ0) is 17.6. The Hall–Kier alpha value is -2.19. The molecule has 0 N–H and O–H groups in total. The molecule has 1 heterocycles. The van der Waals surface area contributed by atoms with Gasteiger partial charge in [0.15, 0.2) is 4.38 Å². The van der Waals surface area contributed by atoms with Gasteiger partial charge in [0.2, 0.25) is 5.90 Å². The van der Waals surface area contributed by atoms with Crippen molar-refractivity contribution in [1.29, 1.82) is 0 Å². The first kappa shape index (κ1) is 17.6. The molecular weight excluding hydrogens is 366 g/mol. The van der Waals surface area contributed by atoms with Crippen molar-refractivity contribution in [2.75, 3.05) is 11.5 Å². The largest absolute Gasteiger partial charge is 0.402 e. The molecule has 2 aromatic carbocycles. The summed E-state index contributed by atoms with van der Waals surface area (Å²) in [6, 6.07) is 10.6. The second-order valence-electron chi connectivity index (χ2n) is 4.88. The predicted molar refractivity (Wildman–Crippen MR) is 97.1 cm³/mol. The number of carbonyl (C=O) groups excluding carboxylic acids is 1. The van der Waals surface area contributed by atoms with Gasteiger partial charge in [-0.15, -0.1) is 10.2 Å². The molecule has 3 rings (SSSR count). The van der Waals surface area contributed by atoms with Crippen LogP contribution in [0.25, 0.3) is 0 Å². The second-order valence-corrected chi connectivity index (χ2v) is 7.30. The molecule has 0 aliphatic carbocycles. The van der Waals surface area contributed by atoms with Gasteiger partial charge in [-0.05, 0) is 36.4 Å². The molecule has 1 aliphatic rings. The van der Waals surface area contributed by atoms with Crippen LogP contribution in [-0.4, -0.2) is 27.7 Å². The van der Waals surface area contributed by atoms with Crippen molar-refractivity contribution in [2.24, 2.45) is 10.2 Å². The van der Waals surface area contributed by atoms with Crippen LogP contribution >= 0.6 is 23.5 Å². The quantitative estimate of drug-likeness (QED) is 0.345. The maximum Gasteiger partial charge on any atom is 0.345 e. The van der Waals surface area contributed by atoms with Crippen molar-refractivity contribution in [2.45, 2.75) is 0 Å². The van der Waals surface area contributed by atoms with Gasteiger partial charge in [0.25, 0.3) is 0 Å². The summed E-state index contributed by atoms with van der Waals surface area (Å²) in [6.45, 7) is 0. The maximum absolute atomic E-state index is 13.5. The Bertz CT molecular complexity index is 848. The molecule has 0 bridgehead atoms. The number of carbonyl (C=O) groups is 1. The standard InChI is InChI=1S/C17H12F2N2O2S2/c18-13-5-1-3-11(9-13)15(20-21-17-24-7-8-25-17)23-16(22)12-4-2-6-14(19)10-12/h1-6,9-10H,7-8H2/b20-15-. The molecule has 0 saturated carbocycles. The van der Waals surface area contributed by atoms with E-state index >= 15 is 0 Å². The van der Waals surface area contributed by atoms with E-state index in [1.807, 2.05) is 0 Å². The number of benzene rings is 2. The SMILES string of the molecule is O=C(O/C(=N\N=C1SCCS1)c1cccc(F)c1)c1cccc(F)c1. The van der Waals surface area contributed by atoms with Gasteiger partial charge in [-0.2, -0.15) is 0 Å². The molecule has 0 spiro atoms. The highest BCUT2D eigenvalue weighted by atomic mass is 32.2. The summed E-state index contributed by atoms with van der Waals surface area (Å²) in [5.41, 5.74) is 0.295. The van der Waals surface area contributed by atoms with Crippen LogP contribution in [-0.2, 0) is 4.74 Å². The fourth-order valence-electron chi connectivity index (χ4n) is 1.96. The molecule has 1 aliphatic heterocycles. The molecule has 2 aromatic rings. The minimum absolute atomic E-state index is 0.0290. The second kappa shape index (κ2) is 8.26. The molecule has 0 atom stereocenters. The van der Waals surface area contributed by atoms with E-state index in [1.54, 1.807) is 29.6 Å². The Kier molecular flexibility index (Phi) is 5.83. The summed E-state index contributed by atoms with van der Waals surface area (Å²) >= 11 is 3.08. The number of ether oxygens (including phenoxy) is 1. The van der Waals surface area contributed by atoms with Gasteiger partial charge >= 0.3 is 5.97 Å². The first-order valence-electron chi connectivity index (χ1n) is 7.27. The highest BCUT2D eigenvalue weighted by Crippen LogP contribution is 2.26. The Morgan fingerprint density at radius 3 is 2.20 bits per heavy atom. The maximum atomic E-state index is 13.5. The van der Waals surface area contributed by atoms with Crippen molar-refractivity contribution < 1.29 is 18.3 Å². The topological polar surface area (TPSA) is 51.0 Å². The minimum atomic E-state index is -0.797. The lowest BCUT2D eigenvalue weighted by molar-refractivity contribution is 0.0717. The van der Waals surface area contributed by atoms with Gasteiger partial charge in [0.1, 0.15) is 11.6 Å². The van der Waals surface area contributed by atoms with Crippen LogP contribution in [0.15, 0.2) is 58.7 Å². The van der Waals surface area contributed by atoms with Gasteiger partial charge in [-0.3, -0.25) is 0 Å². The normalized spacial score (nSPS) is 14.5. The van der Waals surface area contributed by atoms with Crippen LogP contribution in [0.4, 0.5) is 8.78 Å². The Labute approximate surface area is 151 Å². The van der Waals surface area contributed by atoms with E-state index in [-0.39, 0.29) is 17.0 Å². The number of nitrogens with zero attached hydrogens (tertiary/aromatic N) is 2. The summed E-state index contributed by atoms with van der Waals surface area (Å²) in [4.78, 5) is 12.2. The van der Waals surface area contributed by atoms with Crippen LogP contribution in [0.2, 0.25) is 0 Å². The lowest BCUT2D eigenvalue weighted by atomic mass is 10.2.